The second-order valence-corrected chi connectivity index (χ2v) is 3.74. The van der Waals surface area contributed by atoms with Crippen LogP contribution in [0.5, 0.6) is 5.88 Å². The van der Waals surface area contributed by atoms with Gasteiger partial charge in [-0.3, -0.25) is 10.1 Å². The monoisotopic (exact) mass is 239 g/mol. The van der Waals surface area contributed by atoms with E-state index in [9.17, 15) is 10.1 Å². The molecule has 0 bridgehead atoms. The van der Waals surface area contributed by atoms with Crippen molar-refractivity contribution in [1.82, 2.24) is 15.3 Å². The average Bonchev–Trinajstić information content (AvgIpc) is 2.30. The van der Waals surface area contributed by atoms with Gasteiger partial charge in [-0.1, -0.05) is 0 Å². The molecule has 92 valence electrons. The topological polar surface area (TPSA) is 116 Å². The smallest absolute Gasteiger partial charge is 0.372 e. The fourth-order valence-corrected chi connectivity index (χ4v) is 1.70. The van der Waals surface area contributed by atoms with E-state index in [0.717, 1.165) is 25.9 Å². The molecule has 2 heterocycles. The number of hydrogen-bond acceptors (Lipinski definition) is 7. The van der Waals surface area contributed by atoms with Crippen LogP contribution in [-0.4, -0.2) is 34.1 Å². The van der Waals surface area contributed by atoms with Crippen molar-refractivity contribution in [2.75, 3.05) is 18.8 Å². The third-order valence-electron chi connectivity index (χ3n) is 2.56. The zero-order valence-electron chi connectivity index (χ0n) is 9.13. The largest absolute Gasteiger partial charge is 0.469 e. The van der Waals surface area contributed by atoms with Crippen molar-refractivity contribution in [2.24, 2.45) is 0 Å². The van der Waals surface area contributed by atoms with Crippen molar-refractivity contribution in [3.63, 3.8) is 0 Å². The minimum absolute atomic E-state index is 0.0469. The number of nitro groups is 1. The lowest BCUT2D eigenvalue weighted by Crippen LogP contribution is -2.34. The van der Waals surface area contributed by atoms with E-state index in [0.29, 0.717) is 0 Å². The van der Waals surface area contributed by atoms with Crippen LogP contribution in [0.4, 0.5) is 11.5 Å². The molecule has 1 fully saturated rings. The molecule has 1 aliphatic heterocycles. The van der Waals surface area contributed by atoms with Crippen molar-refractivity contribution < 1.29 is 9.66 Å². The Kier molecular flexibility index (Phi) is 3.33. The first-order chi connectivity index (χ1) is 8.18. The maximum Gasteiger partial charge on any atom is 0.372 e. The standard InChI is InChI=1S/C9H13N5O3/c10-8-7(14(15)16)9(13-5-12-8)17-6-1-3-11-4-2-6/h5-6,11H,1-4H2,(H2,10,12,13). The van der Waals surface area contributed by atoms with Crippen LogP contribution in [0.25, 0.3) is 0 Å². The van der Waals surface area contributed by atoms with Crippen molar-refractivity contribution in [1.29, 1.82) is 0 Å². The maximum atomic E-state index is 10.8. The first-order valence-electron chi connectivity index (χ1n) is 5.30. The quantitative estimate of drug-likeness (QED) is 0.567. The molecule has 0 spiro atoms. The van der Waals surface area contributed by atoms with Gasteiger partial charge in [0.15, 0.2) is 0 Å². The molecule has 0 unspecified atom stereocenters. The molecule has 17 heavy (non-hydrogen) atoms. The minimum Gasteiger partial charge on any atom is -0.469 e. The summed E-state index contributed by atoms with van der Waals surface area (Å²) in [7, 11) is 0. The van der Waals surface area contributed by atoms with Crippen molar-refractivity contribution in [3.8, 4) is 5.88 Å². The van der Waals surface area contributed by atoms with E-state index < -0.39 is 4.92 Å². The van der Waals surface area contributed by atoms with E-state index in [2.05, 4.69) is 15.3 Å². The van der Waals surface area contributed by atoms with E-state index in [1.165, 1.54) is 6.33 Å². The summed E-state index contributed by atoms with van der Waals surface area (Å²) in [5, 5.41) is 14.0. The average molecular weight is 239 g/mol. The van der Waals surface area contributed by atoms with Gasteiger partial charge in [0.05, 0.1) is 4.92 Å². The van der Waals surface area contributed by atoms with Crippen molar-refractivity contribution in [2.45, 2.75) is 18.9 Å². The fourth-order valence-electron chi connectivity index (χ4n) is 1.70. The van der Waals surface area contributed by atoms with Gasteiger partial charge in [-0.25, -0.2) is 4.98 Å². The second-order valence-electron chi connectivity index (χ2n) is 3.74. The van der Waals surface area contributed by atoms with Gasteiger partial charge in [0.2, 0.25) is 5.82 Å². The van der Waals surface area contributed by atoms with Gasteiger partial charge in [0.1, 0.15) is 12.4 Å². The number of nitrogen functional groups attached to an aromatic ring is 1. The van der Waals surface area contributed by atoms with Gasteiger partial charge >= 0.3 is 5.69 Å². The van der Waals surface area contributed by atoms with E-state index in [1.54, 1.807) is 0 Å². The minimum atomic E-state index is -0.619. The van der Waals surface area contributed by atoms with E-state index in [1.807, 2.05) is 0 Å². The lowest BCUT2D eigenvalue weighted by molar-refractivity contribution is -0.385. The first-order valence-corrected chi connectivity index (χ1v) is 5.30. The Morgan fingerprint density at radius 2 is 2.18 bits per heavy atom. The van der Waals surface area contributed by atoms with Crippen LogP contribution >= 0.6 is 0 Å². The zero-order chi connectivity index (χ0) is 12.3. The number of anilines is 1. The van der Waals surface area contributed by atoms with E-state index >= 15 is 0 Å². The highest BCUT2D eigenvalue weighted by atomic mass is 16.6. The van der Waals surface area contributed by atoms with E-state index in [4.69, 9.17) is 10.5 Å². The number of hydrogen-bond donors (Lipinski definition) is 2. The number of piperidine rings is 1. The van der Waals surface area contributed by atoms with Gasteiger partial charge in [-0.05, 0) is 25.9 Å². The highest BCUT2D eigenvalue weighted by Crippen LogP contribution is 2.30. The Morgan fingerprint density at radius 3 is 2.82 bits per heavy atom. The highest BCUT2D eigenvalue weighted by molar-refractivity contribution is 5.57. The van der Waals surface area contributed by atoms with E-state index in [-0.39, 0.29) is 23.5 Å². The Hall–Kier alpha value is -1.96. The Bertz CT molecular complexity index is 419. The fraction of sp³-hybridized carbons (Fsp3) is 0.556. The van der Waals surface area contributed by atoms with Gasteiger partial charge in [-0.2, -0.15) is 4.98 Å². The van der Waals surface area contributed by atoms with Crippen LogP contribution < -0.4 is 15.8 Å². The molecule has 0 amide bonds. The van der Waals surface area contributed by atoms with Crippen LogP contribution in [0, 0.1) is 10.1 Å². The maximum absolute atomic E-state index is 10.8. The van der Waals surface area contributed by atoms with Crippen LogP contribution in [0.3, 0.4) is 0 Å². The second kappa shape index (κ2) is 4.91. The molecular formula is C9H13N5O3. The predicted molar refractivity (Wildman–Crippen MR) is 59.6 cm³/mol. The number of rotatable bonds is 3. The Labute approximate surface area is 97.3 Å². The molecule has 0 aliphatic carbocycles. The molecule has 0 saturated carbocycles. The normalized spacial score (nSPS) is 16.7. The molecule has 1 aromatic heterocycles. The molecule has 1 saturated heterocycles. The summed E-state index contributed by atoms with van der Waals surface area (Å²) in [5.41, 5.74) is 5.09. The first kappa shape index (κ1) is 11.5. The summed E-state index contributed by atoms with van der Waals surface area (Å²) in [6.45, 7) is 1.66. The van der Waals surface area contributed by atoms with Crippen LogP contribution in [-0.2, 0) is 0 Å². The molecule has 0 atom stereocenters. The Balaban J connectivity index is 2.19. The van der Waals surface area contributed by atoms with Gasteiger partial charge in [0, 0.05) is 0 Å². The summed E-state index contributed by atoms with van der Waals surface area (Å²) in [5.74, 6) is -0.219. The third-order valence-corrected chi connectivity index (χ3v) is 2.56. The predicted octanol–water partition coefficient (Wildman–Crippen LogP) is 0.0978. The SMILES string of the molecule is Nc1ncnc(OC2CCNCC2)c1[N+](=O)[O-]. The summed E-state index contributed by atoms with van der Waals surface area (Å²) < 4.78 is 5.52. The van der Waals surface area contributed by atoms with Crippen LogP contribution in [0.2, 0.25) is 0 Å². The molecule has 1 aromatic rings. The van der Waals surface area contributed by atoms with Gasteiger partial charge in [-0.15, -0.1) is 0 Å². The number of nitrogens with one attached hydrogen (secondary N) is 1. The molecule has 0 aromatic carbocycles. The molecule has 3 N–H and O–H groups in total. The number of nitrogens with two attached hydrogens (primary N) is 1. The number of nitrogens with zero attached hydrogens (tertiary/aromatic N) is 3. The number of aromatic nitrogens is 2. The Morgan fingerprint density at radius 1 is 1.47 bits per heavy atom. The van der Waals surface area contributed by atoms with Crippen molar-refractivity contribution >= 4 is 11.5 Å². The number of ether oxygens (including phenoxy) is 1. The van der Waals surface area contributed by atoms with Crippen LogP contribution in [0.15, 0.2) is 6.33 Å². The van der Waals surface area contributed by atoms with Crippen LogP contribution in [0.1, 0.15) is 12.8 Å². The summed E-state index contributed by atoms with van der Waals surface area (Å²) in [4.78, 5) is 17.6. The summed E-state index contributed by atoms with van der Waals surface area (Å²) in [6.07, 6.45) is 2.69. The highest BCUT2D eigenvalue weighted by Gasteiger charge is 2.25. The molecular weight excluding hydrogens is 226 g/mol. The molecule has 8 heteroatoms. The zero-order valence-corrected chi connectivity index (χ0v) is 9.13. The molecule has 8 nitrogen and oxygen atoms in total. The van der Waals surface area contributed by atoms with Gasteiger partial charge in [0.25, 0.3) is 5.88 Å². The molecule has 1 aliphatic rings. The third kappa shape index (κ3) is 2.59. The van der Waals surface area contributed by atoms with Gasteiger partial charge < -0.3 is 15.8 Å². The lowest BCUT2D eigenvalue weighted by atomic mass is 10.1. The lowest BCUT2D eigenvalue weighted by Gasteiger charge is -2.22. The summed E-state index contributed by atoms with van der Waals surface area (Å²) in [6, 6.07) is 0. The molecule has 2 rings (SSSR count). The molecule has 0 radical (unpaired) electrons. The van der Waals surface area contributed by atoms with Crippen molar-refractivity contribution in [3.05, 3.63) is 16.4 Å². The summed E-state index contributed by atoms with van der Waals surface area (Å²) >= 11 is 0.